The van der Waals surface area contributed by atoms with Crippen LogP contribution in [0.3, 0.4) is 0 Å². The number of hydrogen-bond donors (Lipinski definition) is 1. The van der Waals surface area contributed by atoms with Crippen molar-refractivity contribution in [3.05, 3.63) is 94.8 Å². The molecule has 0 aromatic heterocycles. The van der Waals surface area contributed by atoms with Crippen LogP contribution in [0.2, 0.25) is 0 Å². The second kappa shape index (κ2) is 10.3. The van der Waals surface area contributed by atoms with Gasteiger partial charge in [0.15, 0.2) is 0 Å². The second-order valence-electron chi connectivity index (χ2n) is 7.17. The van der Waals surface area contributed by atoms with Crippen LogP contribution >= 0.6 is 0 Å². The third-order valence-corrected chi connectivity index (χ3v) is 6.41. The molecule has 3 aromatic carbocycles. The molecule has 3 rings (SSSR count). The van der Waals surface area contributed by atoms with Crippen LogP contribution in [0.15, 0.2) is 71.6 Å². The SMILES string of the molecule is CNS(=O)(=O)c1cc(C(=O)N(Cc2ccc(C#N)cc2)Cc2cccc(F)c2)ccc1OC. The van der Waals surface area contributed by atoms with E-state index < -0.39 is 21.7 Å². The highest BCUT2D eigenvalue weighted by molar-refractivity contribution is 7.89. The van der Waals surface area contributed by atoms with Gasteiger partial charge in [-0.3, -0.25) is 4.79 Å². The first-order chi connectivity index (χ1) is 15.8. The van der Waals surface area contributed by atoms with E-state index >= 15 is 0 Å². The van der Waals surface area contributed by atoms with E-state index in [2.05, 4.69) is 4.72 Å². The average Bonchev–Trinajstić information content (AvgIpc) is 2.83. The number of sulfonamides is 1. The molecule has 1 N–H and O–H groups in total. The predicted molar refractivity (Wildman–Crippen MR) is 120 cm³/mol. The molecule has 0 atom stereocenters. The van der Waals surface area contributed by atoms with Gasteiger partial charge in [0, 0.05) is 18.7 Å². The summed E-state index contributed by atoms with van der Waals surface area (Å²) in [5.74, 6) is -0.770. The van der Waals surface area contributed by atoms with Gasteiger partial charge in [-0.2, -0.15) is 5.26 Å². The molecule has 0 heterocycles. The Morgan fingerprint density at radius 1 is 1.06 bits per heavy atom. The Kier molecular flexibility index (Phi) is 7.43. The van der Waals surface area contributed by atoms with E-state index in [0.717, 1.165) is 5.56 Å². The number of carbonyl (C=O) groups excluding carboxylic acids is 1. The quantitative estimate of drug-likeness (QED) is 0.547. The molecule has 1 amide bonds. The number of nitrogens with one attached hydrogen (secondary N) is 1. The van der Waals surface area contributed by atoms with E-state index in [9.17, 15) is 17.6 Å². The summed E-state index contributed by atoms with van der Waals surface area (Å²) >= 11 is 0. The molecule has 33 heavy (non-hydrogen) atoms. The maximum atomic E-state index is 13.7. The Balaban J connectivity index is 2.00. The lowest BCUT2D eigenvalue weighted by atomic mass is 10.1. The normalized spacial score (nSPS) is 11.0. The van der Waals surface area contributed by atoms with Crippen molar-refractivity contribution in [1.29, 1.82) is 5.26 Å². The monoisotopic (exact) mass is 467 g/mol. The number of rotatable bonds is 8. The molecule has 0 saturated heterocycles. The van der Waals surface area contributed by atoms with Gasteiger partial charge >= 0.3 is 0 Å². The van der Waals surface area contributed by atoms with Crippen molar-refractivity contribution in [2.24, 2.45) is 0 Å². The van der Waals surface area contributed by atoms with Crippen molar-refractivity contribution in [2.45, 2.75) is 18.0 Å². The molecule has 0 spiro atoms. The van der Waals surface area contributed by atoms with Crippen LogP contribution < -0.4 is 9.46 Å². The van der Waals surface area contributed by atoms with Crippen molar-refractivity contribution in [3.63, 3.8) is 0 Å². The number of benzene rings is 3. The summed E-state index contributed by atoms with van der Waals surface area (Å²) in [5, 5.41) is 9.01. The second-order valence-corrected chi connectivity index (χ2v) is 9.03. The first-order valence-corrected chi connectivity index (χ1v) is 11.4. The van der Waals surface area contributed by atoms with Crippen LogP contribution in [-0.4, -0.2) is 33.4 Å². The number of nitriles is 1. The molecule has 3 aromatic rings. The van der Waals surface area contributed by atoms with Gasteiger partial charge in [0.2, 0.25) is 10.0 Å². The number of hydrogen-bond acceptors (Lipinski definition) is 5. The van der Waals surface area contributed by atoms with Crippen LogP contribution in [0, 0.1) is 17.1 Å². The summed E-state index contributed by atoms with van der Waals surface area (Å²) in [6.07, 6.45) is 0. The van der Waals surface area contributed by atoms with Gasteiger partial charge in [-0.25, -0.2) is 17.5 Å². The van der Waals surface area contributed by atoms with E-state index in [4.69, 9.17) is 10.00 Å². The fourth-order valence-electron chi connectivity index (χ4n) is 3.27. The van der Waals surface area contributed by atoms with Gasteiger partial charge in [0.25, 0.3) is 5.91 Å². The lowest BCUT2D eigenvalue weighted by Crippen LogP contribution is -2.30. The highest BCUT2D eigenvalue weighted by Crippen LogP contribution is 2.26. The van der Waals surface area contributed by atoms with Gasteiger partial charge in [0.1, 0.15) is 16.5 Å². The number of nitrogens with zero attached hydrogens (tertiary/aromatic N) is 2. The molecule has 0 aliphatic carbocycles. The number of ether oxygens (including phenoxy) is 1. The van der Waals surface area contributed by atoms with E-state index in [1.807, 2.05) is 6.07 Å². The standard InChI is InChI=1S/C24H22FN3O4S/c1-27-33(30,31)23-13-20(10-11-22(23)32-2)24(29)28(16-19-4-3-5-21(25)12-19)15-18-8-6-17(14-26)7-9-18/h3-13,27H,15-16H2,1-2H3. The minimum atomic E-state index is -3.88. The van der Waals surface area contributed by atoms with Gasteiger partial charge in [0.05, 0.1) is 18.7 Å². The van der Waals surface area contributed by atoms with Crippen molar-refractivity contribution in [2.75, 3.05) is 14.2 Å². The lowest BCUT2D eigenvalue weighted by Gasteiger charge is -2.24. The Labute approximate surface area is 192 Å². The zero-order chi connectivity index (χ0) is 24.0. The Bertz CT molecular complexity index is 1300. The molecule has 0 aliphatic heterocycles. The van der Waals surface area contributed by atoms with Gasteiger partial charge < -0.3 is 9.64 Å². The molecule has 0 aliphatic rings. The van der Waals surface area contributed by atoms with Crippen LogP contribution in [0.5, 0.6) is 5.75 Å². The zero-order valence-electron chi connectivity index (χ0n) is 18.1. The summed E-state index contributed by atoms with van der Waals surface area (Å²) in [5.41, 5.74) is 1.96. The molecular weight excluding hydrogens is 445 g/mol. The molecule has 0 radical (unpaired) electrons. The number of methoxy groups -OCH3 is 1. The van der Waals surface area contributed by atoms with Crippen molar-refractivity contribution < 1.29 is 22.3 Å². The Morgan fingerprint density at radius 2 is 1.76 bits per heavy atom. The third-order valence-electron chi connectivity index (χ3n) is 4.97. The summed E-state index contributed by atoms with van der Waals surface area (Å²) in [4.78, 5) is 14.8. The molecule has 9 heteroatoms. The fraction of sp³-hybridized carbons (Fsp3) is 0.167. The van der Waals surface area contributed by atoms with Gasteiger partial charge in [-0.1, -0.05) is 24.3 Å². The number of amides is 1. The van der Waals surface area contributed by atoms with E-state index in [-0.39, 0.29) is 29.3 Å². The molecule has 7 nitrogen and oxygen atoms in total. The maximum absolute atomic E-state index is 13.7. The molecule has 170 valence electrons. The smallest absolute Gasteiger partial charge is 0.254 e. The molecule has 0 fully saturated rings. The topological polar surface area (TPSA) is 99.5 Å². The van der Waals surface area contributed by atoms with Crippen LogP contribution in [0.4, 0.5) is 4.39 Å². The fourth-order valence-corrected chi connectivity index (χ4v) is 4.19. The molecular formula is C24H22FN3O4S. The molecule has 0 saturated carbocycles. The van der Waals surface area contributed by atoms with Crippen LogP contribution in [0.25, 0.3) is 0 Å². The lowest BCUT2D eigenvalue weighted by molar-refractivity contribution is 0.0729. The average molecular weight is 468 g/mol. The predicted octanol–water partition coefficient (Wildman–Crippen LogP) is 3.46. The number of halogens is 1. The third kappa shape index (κ3) is 5.74. The molecule has 0 unspecified atom stereocenters. The summed E-state index contributed by atoms with van der Waals surface area (Å²) in [6, 6.07) is 18.9. The van der Waals surface area contributed by atoms with Crippen molar-refractivity contribution >= 4 is 15.9 Å². The van der Waals surface area contributed by atoms with Crippen molar-refractivity contribution in [3.8, 4) is 11.8 Å². The van der Waals surface area contributed by atoms with Crippen molar-refractivity contribution in [1.82, 2.24) is 9.62 Å². The summed E-state index contributed by atoms with van der Waals surface area (Å²) in [6.45, 7) is 0.262. The van der Waals surface area contributed by atoms with Crippen LogP contribution in [-0.2, 0) is 23.1 Å². The summed E-state index contributed by atoms with van der Waals surface area (Å²) in [7, 11) is -1.27. The zero-order valence-corrected chi connectivity index (χ0v) is 18.9. The Hall–Kier alpha value is -3.74. The Morgan fingerprint density at radius 3 is 2.36 bits per heavy atom. The van der Waals surface area contributed by atoms with Gasteiger partial charge in [-0.15, -0.1) is 0 Å². The number of carbonyl (C=O) groups is 1. The van der Waals surface area contributed by atoms with E-state index in [1.165, 1.54) is 49.4 Å². The van der Waals surface area contributed by atoms with Gasteiger partial charge in [-0.05, 0) is 60.6 Å². The minimum absolute atomic E-state index is 0.0940. The highest BCUT2D eigenvalue weighted by Gasteiger charge is 2.23. The van der Waals surface area contributed by atoms with E-state index in [0.29, 0.717) is 11.1 Å². The minimum Gasteiger partial charge on any atom is -0.495 e. The van der Waals surface area contributed by atoms with Crippen LogP contribution in [0.1, 0.15) is 27.0 Å². The summed E-state index contributed by atoms with van der Waals surface area (Å²) < 4.78 is 45.9. The first-order valence-electron chi connectivity index (χ1n) is 9.91. The first kappa shape index (κ1) is 23.9. The maximum Gasteiger partial charge on any atom is 0.254 e. The van der Waals surface area contributed by atoms with E-state index in [1.54, 1.807) is 36.4 Å². The highest BCUT2D eigenvalue weighted by atomic mass is 32.2. The molecule has 0 bridgehead atoms. The largest absolute Gasteiger partial charge is 0.495 e.